The van der Waals surface area contributed by atoms with Gasteiger partial charge in [-0.2, -0.15) is 0 Å². The van der Waals surface area contributed by atoms with Gasteiger partial charge in [0.15, 0.2) is 0 Å². The van der Waals surface area contributed by atoms with Gasteiger partial charge in [-0.1, -0.05) is 0 Å². The summed E-state index contributed by atoms with van der Waals surface area (Å²) in [6.07, 6.45) is 7.46. The zero-order valence-corrected chi connectivity index (χ0v) is 13.0. The minimum atomic E-state index is -0.317. The number of aryl methyl sites for hydroxylation is 1. The lowest BCUT2D eigenvalue weighted by molar-refractivity contribution is 0.0825. The molecule has 2 aliphatic heterocycles. The molecular weight excluding hydrogens is 295 g/mol. The fourth-order valence-electron chi connectivity index (χ4n) is 3.48. The standard InChI is InChI=1S/C18H19FN2O2/c1-11-20-8-14(9-21-11)12-4-15(19)7-17(5-12)22-10-13-6-16-2-3-18(13)23-16/h4-5,7-9,13,16,18H,2-3,6,10H2,1H3/t13-,16+,18-/m1/s1. The molecule has 2 aromatic rings. The molecule has 4 rings (SSSR count). The molecule has 0 aliphatic carbocycles. The van der Waals surface area contributed by atoms with E-state index in [9.17, 15) is 4.39 Å². The second-order valence-corrected chi connectivity index (χ2v) is 6.38. The van der Waals surface area contributed by atoms with E-state index in [0.717, 1.165) is 24.0 Å². The fraction of sp³-hybridized carbons (Fsp3) is 0.444. The van der Waals surface area contributed by atoms with Gasteiger partial charge in [-0.3, -0.25) is 0 Å². The molecule has 120 valence electrons. The minimum Gasteiger partial charge on any atom is -0.493 e. The Hall–Kier alpha value is -2.01. The van der Waals surface area contributed by atoms with E-state index in [1.165, 1.54) is 18.6 Å². The predicted molar refractivity (Wildman–Crippen MR) is 83.7 cm³/mol. The maximum absolute atomic E-state index is 13.9. The molecule has 2 bridgehead atoms. The van der Waals surface area contributed by atoms with Crippen LogP contribution in [0.1, 0.15) is 25.1 Å². The summed E-state index contributed by atoms with van der Waals surface area (Å²) in [7, 11) is 0. The number of hydrogen-bond acceptors (Lipinski definition) is 4. The maximum Gasteiger partial charge on any atom is 0.127 e. The predicted octanol–water partition coefficient (Wildman–Crippen LogP) is 3.54. The van der Waals surface area contributed by atoms with Gasteiger partial charge in [0.05, 0.1) is 18.8 Å². The highest BCUT2D eigenvalue weighted by atomic mass is 19.1. The molecule has 5 heteroatoms. The third kappa shape index (κ3) is 3.06. The van der Waals surface area contributed by atoms with Crippen LogP contribution < -0.4 is 4.74 Å². The van der Waals surface area contributed by atoms with Gasteiger partial charge in [-0.15, -0.1) is 0 Å². The molecule has 0 spiro atoms. The summed E-state index contributed by atoms with van der Waals surface area (Å²) >= 11 is 0. The number of hydrogen-bond donors (Lipinski definition) is 0. The Balaban J connectivity index is 1.49. The number of ether oxygens (including phenoxy) is 2. The van der Waals surface area contributed by atoms with Gasteiger partial charge in [0, 0.05) is 29.9 Å². The van der Waals surface area contributed by atoms with E-state index < -0.39 is 0 Å². The molecule has 4 nitrogen and oxygen atoms in total. The molecule has 2 fully saturated rings. The summed E-state index contributed by atoms with van der Waals surface area (Å²) < 4.78 is 25.6. The quantitative estimate of drug-likeness (QED) is 0.866. The van der Waals surface area contributed by atoms with Crippen molar-refractivity contribution in [3.8, 4) is 16.9 Å². The van der Waals surface area contributed by atoms with Crippen molar-refractivity contribution >= 4 is 0 Å². The SMILES string of the molecule is Cc1ncc(-c2cc(F)cc(OC[C@H]3C[C@@H]4CC[C@H]3O4)c2)cn1. The fourth-order valence-corrected chi connectivity index (χ4v) is 3.48. The molecule has 0 saturated carbocycles. The second kappa shape index (κ2) is 5.89. The molecule has 2 aliphatic rings. The summed E-state index contributed by atoms with van der Waals surface area (Å²) in [5.74, 6) is 1.34. The number of nitrogens with zero attached hydrogens (tertiary/aromatic N) is 2. The largest absolute Gasteiger partial charge is 0.493 e. The Bertz CT molecular complexity index is 705. The third-order valence-corrected chi connectivity index (χ3v) is 4.68. The average Bonchev–Trinajstić information content (AvgIpc) is 3.16. The van der Waals surface area contributed by atoms with Crippen molar-refractivity contribution in [3.63, 3.8) is 0 Å². The van der Waals surface area contributed by atoms with Gasteiger partial charge >= 0.3 is 0 Å². The van der Waals surface area contributed by atoms with E-state index in [4.69, 9.17) is 9.47 Å². The first-order chi connectivity index (χ1) is 11.2. The molecule has 1 aromatic carbocycles. The molecular formula is C18H19FN2O2. The Morgan fingerprint density at radius 2 is 2.00 bits per heavy atom. The van der Waals surface area contributed by atoms with Crippen molar-refractivity contribution in [3.05, 3.63) is 42.2 Å². The Labute approximate surface area is 134 Å². The van der Waals surface area contributed by atoms with E-state index in [2.05, 4.69) is 9.97 Å². The lowest BCUT2D eigenvalue weighted by atomic mass is 9.90. The zero-order valence-electron chi connectivity index (χ0n) is 13.0. The van der Waals surface area contributed by atoms with E-state index in [0.29, 0.717) is 36.3 Å². The van der Waals surface area contributed by atoms with Gasteiger partial charge in [-0.25, -0.2) is 14.4 Å². The Morgan fingerprint density at radius 1 is 1.17 bits per heavy atom. The minimum absolute atomic E-state index is 0.317. The lowest BCUT2D eigenvalue weighted by Gasteiger charge is -2.19. The highest BCUT2D eigenvalue weighted by Gasteiger charge is 2.40. The average molecular weight is 314 g/mol. The lowest BCUT2D eigenvalue weighted by Crippen LogP contribution is -2.23. The summed E-state index contributed by atoms with van der Waals surface area (Å²) in [4.78, 5) is 8.32. The number of halogens is 1. The molecule has 2 saturated heterocycles. The number of benzene rings is 1. The Kier molecular flexibility index (Phi) is 3.73. The van der Waals surface area contributed by atoms with Crippen LogP contribution >= 0.6 is 0 Å². The van der Waals surface area contributed by atoms with Crippen LogP contribution in [-0.4, -0.2) is 28.8 Å². The van der Waals surface area contributed by atoms with Crippen LogP contribution in [0.4, 0.5) is 4.39 Å². The van der Waals surface area contributed by atoms with Gasteiger partial charge in [0.1, 0.15) is 17.4 Å². The molecule has 3 atom stereocenters. The van der Waals surface area contributed by atoms with Gasteiger partial charge in [-0.05, 0) is 43.9 Å². The molecule has 0 N–H and O–H groups in total. The number of rotatable bonds is 4. The van der Waals surface area contributed by atoms with Crippen LogP contribution in [0.25, 0.3) is 11.1 Å². The first-order valence-corrected chi connectivity index (χ1v) is 8.05. The van der Waals surface area contributed by atoms with Crippen molar-refractivity contribution < 1.29 is 13.9 Å². The first-order valence-electron chi connectivity index (χ1n) is 8.05. The van der Waals surface area contributed by atoms with Crippen LogP contribution in [0.15, 0.2) is 30.6 Å². The van der Waals surface area contributed by atoms with Gasteiger partial charge < -0.3 is 9.47 Å². The summed E-state index contributed by atoms with van der Waals surface area (Å²) in [6.45, 7) is 2.40. The highest BCUT2D eigenvalue weighted by Crippen LogP contribution is 2.39. The van der Waals surface area contributed by atoms with E-state index >= 15 is 0 Å². The molecule has 0 amide bonds. The van der Waals surface area contributed by atoms with E-state index in [1.807, 2.05) is 13.0 Å². The third-order valence-electron chi connectivity index (χ3n) is 4.68. The van der Waals surface area contributed by atoms with E-state index in [1.54, 1.807) is 12.4 Å². The molecule has 0 unspecified atom stereocenters. The highest BCUT2D eigenvalue weighted by molar-refractivity contribution is 5.63. The van der Waals surface area contributed by atoms with Crippen molar-refractivity contribution in [1.29, 1.82) is 0 Å². The van der Waals surface area contributed by atoms with Gasteiger partial charge in [0.25, 0.3) is 0 Å². The summed E-state index contributed by atoms with van der Waals surface area (Å²) in [5.41, 5.74) is 1.51. The van der Waals surface area contributed by atoms with Crippen LogP contribution in [0.3, 0.4) is 0 Å². The smallest absolute Gasteiger partial charge is 0.127 e. The van der Waals surface area contributed by atoms with Crippen molar-refractivity contribution in [2.24, 2.45) is 5.92 Å². The van der Waals surface area contributed by atoms with E-state index in [-0.39, 0.29) is 5.82 Å². The van der Waals surface area contributed by atoms with Crippen LogP contribution in [0.2, 0.25) is 0 Å². The normalized spacial score (nSPS) is 25.7. The van der Waals surface area contributed by atoms with Crippen molar-refractivity contribution in [2.75, 3.05) is 6.61 Å². The molecule has 23 heavy (non-hydrogen) atoms. The molecule has 1 aromatic heterocycles. The van der Waals surface area contributed by atoms with Crippen LogP contribution in [-0.2, 0) is 4.74 Å². The number of aromatic nitrogens is 2. The monoisotopic (exact) mass is 314 g/mol. The summed E-state index contributed by atoms with van der Waals surface area (Å²) in [5, 5.41) is 0. The maximum atomic E-state index is 13.9. The van der Waals surface area contributed by atoms with Crippen molar-refractivity contribution in [1.82, 2.24) is 9.97 Å². The summed E-state index contributed by atoms with van der Waals surface area (Å²) in [6, 6.07) is 4.74. The molecule has 3 heterocycles. The topological polar surface area (TPSA) is 44.2 Å². The van der Waals surface area contributed by atoms with Crippen LogP contribution in [0, 0.1) is 18.7 Å². The van der Waals surface area contributed by atoms with Gasteiger partial charge in [0.2, 0.25) is 0 Å². The van der Waals surface area contributed by atoms with Crippen molar-refractivity contribution in [2.45, 2.75) is 38.4 Å². The second-order valence-electron chi connectivity index (χ2n) is 6.38. The molecule has 0 radical (unpaired) electrons. The van der Waals surface area contributed by atoms with Crippen LogP contribution in [0.5, 0.6) is 5.75 Å². The Morgan fingerprint density at radius 3 is 2.70 bits per heavy atom. The zero-order chi connectivity index (χ0) is 15.8. The first kappa shape index (κ1) is 14.6. The number of fused-ring (bicyclic) bond motifs is 2.